The maximum absolute atomic E-state index is 13.4. The smallest absolute Gasteiger partial charge is 0.398 e. The van der Waals surface area contributed by atoms with Crippen molar-refractivity contribution in [1.82, 2.24) is 9.88 Å². The highest BCUT2D eigenvalue weighted by molar-refractivity contribution is 5.99. The molecule has 8 nitrogen and oxygen atoms in total. The second-order valence-electron chi connectivity index (χ2n) is 9.74. The zero-order chi connectivity index (χ0) is 27.8. The van der Waals surface area contributed by atoms with E-state index in [1.807, 2.05) is 0 Å². The summed E-state index contributed by atoms with van der Waals surface area (Å²) in [4.78, 5) is 42.2. The van der Waals surface area contributed by atoms with Gasteiger partial charge in [-0.25, -0.2) is 14.6 Å². The molecule has 1 aliphatic heterocycles. The number of halogens is 3. The van der Waals surface area contributed by atoms with Crippen molar-refractivity contribution < 1.29 is 32.7 Å². The van der Waals surface area contributed by atoms with E-state index in [-0.39, 0.29) is 30.0 Å². The molecule has 3 amide bonds. The second kappa shape index (κ2) is 10.0. The quantitative estimate of drug-likeness (QED) is 0.374. The summed E-state index contributed by atoms with van der Waals surface area (Å²) in [5, 5.41) is 14.5. The molecule has 0 unspecified atom stereocenters. The summed E-state index contributed by atoms with van der Waals surface area (Å²) in [7, 11) is 0. The third kappa shape index (κ3) is 5.29. The third-order valence-electron chi connectivity index (χ3n) is 7.27. The fraction of sp³-hybridized carbons (Fsp3) is 0.286. The van der Waals surface area contributed by atoms with E-state index >= 15 is 0 Å². The van der Waals surface area contributed by atoms with E-state index in [0.29, 0.717) is 30.8 Å². The molecule has 1 aliphatic carbocycles. The Bertz CT molecular complexity index is 1390. The monoisotopic (exact) mass is 538 g/mol. The highest BCUT2D eigenvalue weighted by Gasteiger charge is 2.64. The lowest BCUT2D eigenvalue weighted by molar-refractivity contribution is -0.160. The molecule has 2 aromatic carbocycles. The number of carbonyl (C=O) groups is 3. The highest BCUT2D eigenvalue weighted by atomic mass is 19.4. The van der Waals surface area contributed by atoms with E-state index in [4.69, 9.17) is 5.11 Å². The summed E-state index contributed by atoms with van der Waals surface area (Å²) in [6, 6.07) is 14.5. The third-order valence-corrected chi connectivity index (χ3v) is 7.27. The number of nitrogens with one attached hydrogen (secondary N) is 2. The summed E-state index contributed by atoms with van der Waals surface area (Å²) in [6.07, 6.45) is -1.61. The fourth-order valence-corrected chi connectivity index (χ4v) is 4.87. The van der Waals surface area contributed by atoms with Crippen LogP contribution in [0.5, 0.6) is 0 Å². The van der Waals surface area contributed by atoms with Gasteiger partial charge in [-0.15, -0.1) is 0 Å². The number of carboxylic acids is 1. The summed E-state index contributed by atoms with van der Waals surface area (Å²) in [5.74, 6) is -1.46. The number of likely N-dealkylation sites (tertiary alicyclic amines) is 1. The number of hydrogen-bond donors (Lipinski definition) is 3. The number of aromatic nitrogens is 1. The minimum Gasteiger partial charge on any atom is -0.477 e. The molecule has 2 aliphatic rings. The molecule has 2 fully saturated rings. The van der Waals surface area contributed by atoms with E-state index in [1.54, 1.807) is 30.3 Å². The highest BCUT2D eigenvalue weighted by Crippen LogP contribution is 2.58. The predicted octanol–water partition coefficient (Wildman–Crippen LogP) is 5.68. The van der Waals surface area contributed by atoms with Gasteiger partial charge in [-0.3, -0.25) is 4.79 Å². The van der Waals surface area contributed by atoms with Gasteiger partial charge in [0.25, 0.3) is 0 Å². The minimum atomic E-state index is -4.31. The summed E-state index contributed by atoms with van der Waals surface area (Å²) >= 11 is 0. The van der Waals surface area contributed by atoms with Crippen molar-refractivity contribution in [2.24, 2.45) is 0 Å². The number of rotatable bonds is 6. The number of aromatic carboxylic acids is 1. The Morgan fingerprint density at radius 1 is 0.897 bits per heavy atom. The summed E-state index contributed by atoms with van der Waals surface area (Å²) < 4.78 is 40.1. The molecule has 1 saturated carbocycles. The van der Waals surface area contributed by atoms with Gasteiger partial charge in [0, 0.05) is 29.7 Å². The molecule has 0 spiro atoms. The Balaban J connectivity index is 1.19. The lowest BCUT2D eigenvalue weighted by Crippen LogP contribution is -2.45. The number of urea groups is 1. The van der Waals surface area contributed by atoms with Gasteiger partial charge in [-0.2, -0.15) is 13.2 Å². The summed E-state index contributed by atoms with van der Waals surface area (Å²) in [6.45, 7) is 0.372. The van der Waals surface area contributed by atoms with Crippen molar-refractivity contribution in [2.75, 3.05) is 17.2 Å². The fourth-order valence-electron chi connectivity index (χ4n) is 4.87. The van der Waals surface area contributed by atoms with Gasteiger partial charge in [0.2, 0.25) is 5.91 Å². The van der Waals surface area contributed by atoms with Crippen LogP contribution in [0.4, 0.5) is 29.3 Å². The standard InChI is InChI=1S/C28H25F3N4O4/c29-28(30,31)27(13-14-27)19-6-10-21(11-7-19)34-26(39)35-15-1-2-23(35)24(36)33-20-8-3-17(4-9-20)18-5-12-22(25(37)38)32-16-18/h3-12,16,23H,1-2,13-15H2,(H,33,36)(H,34,39)(H,37,38)/t23-/m1/s1. The number of alkyl halides is 3. The first-order valence-corrected chi connectivity index (χ1v) is 12.4. The molecule has 3 aromatic rings. The van der Waals surface area contributed by atoms with Crippen LogP contribution in [0.2, 0.25) is 0 Å². The second-order valence-corrected chi connectivity index (χ2v) is 9.74. The van der Waals surface area contributed by atoms with Crippen molar-refractivity contribution in [1.29, 1.82) is 0 Å². The van der Waals surface area contributed by atoms with E-state index in [9.17, 15) is 27.6 Å². The summed E-state index contributed by atoms with van der Waals surface area (Å²) in [5.41, 5.74) is 0.732. The molecule has 39 heavy (non-hydrogen) atoms. The van der Waals surface area contributed by atoms with Gasteiger partial charge in [0.1, 0.15) is 11.7 Å². The number of carboxylic acid groups (broad SMARTS) is 1. The first kappa shape index (κ1) is 26.2. The van der Waals surface area contributed by atoms with E-state index in [1.165, 1.54) is 41.4 Å². The Morgan fingerprint density at radius 2 is 1.51 bits per heavy atom. The number of hydrogen-bond acceptors (Lipinski definition) is 4. The lowest BCUT2D eigenvalue weighted by Gasteiger charge is -2.24. The zero-order valence-electron chi connectivity index (χ0n) is 20.7. The number of benzene rings is 2. The maximum Gasteiger partial charge on any atom is 0.398 e. The molecular weight excluding hydrogens is 513 g/mol. The lowest BCUT2D eigenvalue weighted by atomic mass is 9.95. The Kier molecular flexibility index (Phi) is 6.75. The van der Waals surface area contributed by atoms with Crippen molar-refractivity contribution in [3.05, 3.63) is 78.1 Å². The van der Waals surface area contributed by atoms with E-state index in [2.05, 4.69) is 15.6 Å². The van der Waals surface area contributed by atoms with Gasteiger partial charge in [-0.05, 0) is 67.1 Å². The number of pyridine rings is 1. The maximum atomic E-state index is 13.4. The number of nitrogens with zero attached hydrogens (tertiary/aromatic N) is 2. The molecule has 5 rings (SSSR count). The Morgan fingerprint density at radius 3 is 2.08 bits per heavy atom. The molecule has 1 atom stereocenters. The van der Waals surface area contributed by atoms with Crippen molar-refractivity contribution >= 4 is 29.3 Å². The Labute approximate surface area is 221 Å². The van der Waals surface area contributed by atoms with Crippen LogP contribution in [0.3, 0.4) is 0 Å². The average molecular weight is 539 g/mol. The molecule has 2 heterocycles. The van der Waals surface area contributed by atoms with Gasteiger partial charge in [-0.1, -0.05) is 30.3 Å². The normalized spacial score (nSPS) is 17.9. The van der Waals surface area contributed by atoms with Crippen molar-refractivity contribution in [3.8, 4) is 11.1 Å². The first-order chi connectivity index (χ1) is 18.6. The van der Waals surface area contributed by atoms with Crippen molar-refractivity contribution in [3.63, 3.8) is 0 Å². The predicted molar refractivity (Wildman–Crippen MR) is 137 cm³/mol. The molecule has 3 N–H and O–H groups in total. The molecule has 202 valence electrons. The van der Waals surface area contributed by atoms with Gasteiger partial charge < -0.3 is 20.6 Å². The van der Waals surface area contributed by atoms with Crippen LogP contribution in [0.15, 0.2) is 66.9 Å². The van der Waals surface area contributed by atoms with Crippen molar-refractivity contribution in [2.45, 2.75) is 43.3 Å². The van der Waals surface area contributed by atoms with Crippen LogP contribution in [-0.2, 0) is 10.2 Å². The molecule has 0 radical (unpaired) electrons. The minimum absolute atomic E-state index is 0.0575. The van der Waals surface area contributed by atoms with Crippen LogP contribution >= 0.6 is 0 Å². The largest absolute Gasteiger partial charge is 0.477 e. The SMILES string of the molecule is O=C(O)c1ccc(-c2ccc(NC(=O)[C@H]3CCCN3C(=O)Nc3ccc(C4(C(F)(F)F)CC4)cc3)cc2)cn1. The topological polar surface area (TPSA) is 112 Å². The van der Waals surface area contributed by atoms with Gasteiger partial charge in [0.05, 0.1) is 5.41 Å². The van der Waals surface area contributed by atoms with Crippen LogP contribution < -0.4 is 10.6 Å². The number of amides is 3. The molecular formula is C28H25F3N4O4. The van der Waals surface area contributed by atoms with Crippen LogP contribution in [0, 0.1) is 0 Å². The molecule has 1 saturated heterocycles. The van der Waals surface area contributed by atoms with Crippen LogP contribution in [0.25, 0.3) is 11.1 Å². The van der Waals surface area contributed by atoms with Crippen LogP contribution in [-0.4, -0.2) is 51.7 Å². The van der Waals surface area contributed by atoms with E-state index < -0.39 is 29.6 Å². The average Bonchev–Trinajstić information content (AvgIpc) is 3.59. The molecule has 11 heteroatoms. The molecule has 0 bridgehead atoms. The molecule has 1 aromatic heterocycles. The zero-order valence-corrected chi connectivity index (χ0v) is 20.7. The van der Waals surface area contributed by atoms with Crippen LogP contribution in [0.1, 0.15) is 41.7 Å². The number of anilines is 2. The van der Waals surface area contributed by atoms with Gasteiger partial charge >= 0.3 is 18.2 Å². The van der Waals surface area contributed by atoms with E-state index in [0.717, 1.165) is 11.1 Å². The Hall–Kier alpha value is -4.41. The first-order valence-electron chi connectivity index (χ1n) is 12.4. The van der Waals surface area contributed by atoms with Gasteiger partial charge in [0.15, 0.2) is 0 Å². The number of carbonyl (C=O) groups excluding carboxylic acids is 2.